The number of hydrogen-bond donors (Lipinski definition) is 1. The summed E-state index contributed by atoms with van der Waals surface area (Å²) in [5.74, 6) is 0. The lowest BCUT2D eigenvalue weighted by atomic mass is 10.1. The van der Waals surface area contributed by atoms with Gasteiger partial charge in [0.05, 0.1) is 11.6 Å². The molecule has 2 heteroatoms. The van der Waals surface area contributed by atoms with E-state index in [9.17, 15) is 0 Å². The fourth-order valence-electron chi connectivity index (χ4n) is 1.65. The monoisotopic (exact) mass is 200 g/mol. The molecule has 0 atom stereocenters. The first-order chi connectivity index (χ1) is 7.22. The molecule has 1 fully saturated rings. The highest BCUT2D eigenvalue weighted by molar-refractivity contribution is 5.32. The van der Waals surface area contributed by atoms with Gasteiger partial charge in [-0.1, -0.05) is 19.1 Å². The van der Waals surface area contributed by atoms with E-state index >= 15 is 0 Å². The van der Waals surface area contributed by atoms with E-state index in [2.05, 4.69) is 24.4 Å². The van der Waals surface area contributed by atoms with Crippen LogP contribution in [0.3, 0.4) is 0 Å². The van der Waals surface area contributed by atoms with Crippen molar-refractivity contribution in [3.8, 4) is 6.07 Å². The van der Waals surface area contributed by atoms with Crippen molar-refractivity contribution in [3.05, 3.63) is 35.4 Å². The highest BCUT2D eigenvalue weighted by atomic mass is 14.9. The van der Waals surface area contributed by atoms with Crippen LogP contribution in [0.15, 0.2) is 24.3 Å². The summed E-state index contributed by atoms with van der Waals surface area (Å²) in [6.45, 7) is 4.26. The molecule has 1 N–H and O–H groups in total. The van der Waals surface area contributed by atoms with Crippen molar-refractivity contribution < 1.29 is 0 Å². The van der Waals surface area contributed by atoms with Crippen LogP contribution in [-0.4, -0.2) is 6.54 Å². The van der Waals surface area contributed by atoms with E-state index in [0.29, 0.717) is 5.41 Å². The second kappa shape index (κ2) is 4.04. The van der Waals surface area contributed by atoms with Gasteiger partial charge < -0.3 is 5.32 Å². The third-order valence-electron chi connectivity index (χ3n) is 3.04. The second-order valence-corrected chi connectivity index (χ2v) is 4.73. The van der Waals surface area contributed by atoms with Crippen LogP contribution in [0.5, 0.6) is 0 Å². The average Bonchev–Trinajstić information content (AvgIpc) is 2.97. The Kier molecular flexibility index (Phi) is 2.75. The molecule has 1 aromatic carbocycles. The van der Waals surface area contributed by atoms with Gasteiger partial charge in [-0.05, 0) is 36.0 Å². The number of nitrogens with one attached hydrogen (secondary N) is 1. The Hall–Kier alpha value is -1.33. The summed E-state index contributed by atoms with van der Waals surface area (Å²) in [7, 11) is 0. The van der Waals surface area contributed by atoms with Gasteiger partial charge in [0.1, 0.15) is 0 Å². The summed E-state index contributed by atoms with van der Waals surface area (Å²) in [5, 5.41) is 12.2. The highest BCUT2D eigenvalue weighted by Gasteiger charge is 2.36. The van der Waals surface area contributed by atoms with E-state index < -0.39 is 0 Å². The maximum absolute atomic E-state index is 8.76. The van der Waals surface area contributed by atoms with Crippen molar-refractivity contribution in [1.29, 1.82) is 5.26 Å². The lowest BCUT2D eigenvalue weighted by Gasteiger charge is -2.09. The molecule has 0 unspecified atom stereocenters. The zero-order valence-electron chi connectivity index (χ0n) is 9.09. The normalized spacial score (nSPS) is 17.1. The SMILES string of the molecule is CC1(CNCc2cccc(C#N)c2)CC1. The average molecular weight is 200 g/mol. The van der Waals surface area contributed by atoms with E-state index in [0.717, 1.165) is 18.7 Å². The quantitative estimate of drug-likeness (QED) is 0.810. The fraction of sp³-hybridized carbons (Fsp3) is 0.462. The van der Waals surface area contributed by atoms with E-state index in [1.165, 1.54) is 18.4 Å². The molecule has 15 heavy (non-hydrogen) atoms. The Labute approximate surface area is 90.9 Å². The lowest BCUT2D eigenvalue weighted by Crippen LogP contribution is -2.21. The summed E-state index contributed by atoms with van der Waals surface area (Å²) in [6.07, 6.45) is 2.69. The van der Waals surface area contributed by atoms with Gasteiger partial charge in [0.25, 0.3) is 0 Å². The van der Waals surface area contributed by atoms with Crippen LogP contribution in [0, 0.1) is 16.7 Å². The molecule has 0 bridgehead atoms. The van der Waals surface area contributed by atoms with Gasteiger partial charge in [0, 0.05) is 13.1 Å². The van der Waals surface area contributed by atoms with Crippen molar-refractivity contribution >= 4 is 0 Å². The molecule has 1 aromatic rings. The van der Waals surface area contributed by atoms with Crippen molar-refractivity contribution in [3.63, 3.8) is 0 Å². The summed E-state index contributed by atoms with van der Waals surface area (Å²) in [4.78, 5) is 0. The highest BCUT2D eigenvalue weighted by Crippen LogP contribution is 2.44. The second-order valence-electron chi connectivity index (χ2n) is 4.73. The molecular weight excluding hydrogens is 184 g/mol. The zero-order valence-corrected chi connectivity index (χ0v) is 9.09. The molecule has 0 aliphatic heterocycles. The standard InChI is InChI=1S/C13H16N2/c1-13(5-6-13)10-15-9-12-4-2-3-11(7-12)8-14/h2-4,7,15H,5-6,9-10H2,1H3. The smallest absolute Gasteiger partial charge is 0.0991 e. The van der Waals surface area contributed by atoms with Gasteiger partial charge in [0.2, 0.25) is 0 Å². The Morgan fingerprint density at radius 2 is 2.27 bits per heavy atom. The van der Waals surface area contributed by atoms with E-state index in [4.69, 9.17) is 5.26 Å². The van der Waals surface area contributed by atoms with Crippen molar-refractivity contribution in [2.75, 3.05) is 6.54 Å². The Bertz CT molecular complexity index is 386. The van der Waals surface area contributed by atoms with Gasteiger partial charge in [-0.25, -0.2) is 0 Å². The molecule has 0 spiro atoms. The lowest BCUT2D eigenvalue weighted by molar-refractivity contribution is 0.499. The minimum Gasteiger partial charge on any atom is -0.312 e. The van der Waals surface area contributed by atoms with Crippen molar-refractivity contribution in [2.24, 2.45) is 5.41 Å². The Morgan fingerprint density at radius 1 is 1.47 bits per heavy atom. The van der Waals surface area contributed by atoms with E-state index in [1.807, 2.05) is 18.2 Å². The molecule has 0 aromatic heterocycles. The Balaban J connectivity index is 1.85. The van der Waals surface area contributed by atoms with Crippen LogP contribution in [-0.2, 0) is 6.54 Å². The molecule has 1 aliphatic rings. The van der Waals surface area contributed by atoms with E-state index in [-0.39, 0.29) is 0 Å². The van der Waals surface area contributed by atoms with Gasteiger partial charge in [-0.2, -0.15) is 5.26 Å². The molecular formula is C13H16N2. The molecule has 2 nitrogen and oxygen atoms in total. The van der Waals surface area contributed by atoms with Crippen LogP contribution in [0.2, 0.25) is 0 Å². The molecule has 0 radical (unpaired) electrons. The Morgan fingerprint density at radius 3 is 2.93 bits per heavy atom. The maximum Gasteiger partial charge on any atom is 0.0991 e. The molecule has 2 rings (SSSR count). The summed E-state index contributed by atoms with van der Waals surface area (Å²) in [6, 6.07) is 9.94. The van der Waals surface area contributed by atoms with Crippen molar-refractivity contribution in [1.82, 2.24) is 5.32 Å². The minimum absolute atomic E-state index is 0.548. The predicted octanol–water partition coefficient (Wildman–Crippen LogP) is 2.45. The molecule has 0 heterocycles. The first kappa shape index (κ1) is 10.2. The van der Waals surface area contributed by atoms with Crippen LogP contribution in [0.1, 0.15) is 30.9 Å². The van der Waals surface area contributed by atoms with Gasteiger partial charge in [-0.15, -0.1) is 0 Å². The third kappa shape index (κ3) is 2.81. The molecule has 78 valence electrons. The molecule has 0 amide bonds. The molecule has 1 aliphatic carbocycles. The van der Waals surface area contributed by atoms with E-state index in [1.54, 1.807) is 0 Å². The predicted molar refractivity (Wildman–Crippen MR) is 60.2 cm³/mol. The maximum atomic E-state index is 8.76. The largest absolute Gasteiger partial charge is 0.312 e. The van der Waals surface area contributed by atoms with Gasteiger partial charge in [0.15, 0.2) is 0 Å². The topological polar surface area (TPSA) is 35.8 Å². The van der Waals surface area contributed by atoms with Crippen LogP contribution in [0.25, 0.3) is 0 Å². The van der Waals surface area contributed by atoms with Crippen LogP contribution in [0.4, 0.5) is 0 Å². The van der Waals surface area contributed by atoms with Gasteiger partial charge >= 0.3 is 0 Å². The summed E-state index contributed by atoms with van der Waals surface area (Å²) >= 11 is 0. The van der Waals surface area contributed by atoms with Crippen molar-refractivity contribution in [2.45, 2.75) is 26.3 Å². The number of nitriles is 1. The summed E-state index contributed by atoms with van der Waals surface area (Å²) < 4.78 is 0. The number of rotatable bonds is 4. The zero-order chi connectivity index (χ0) is 10.7. The van der Waals surface area contributed by atoms with Gasteiger partial charge in [-0.3, -0.25) is 0 Å². The fourth-order valence-corrected chi connectivity index (χ4v) is 1.65. The molecule has 1 saturated carbocycles. The van der Waals surface area contributed by atoms with Crippen LogP contribution < -0.4 is 5.32 Å². The minimum atomic E-state index is 0.548. The first-order valence-electron chi connectivity index (χ1n) is 5.42. The van der Waals surface area contributed by atoms with Crippen LogP contribution >= 0.6 is 0 Å². The summed E-state index contributed by atoms with van der Waals surface area (Å²) in [5.41, 5.74) is 2.48. The number of nitrogens with zero attached hydrogens (tertiary/aromatic N) is 1. The molecule has 0 saturated heterocycles. The number of benzene rings is 1. The third-order valence-corrected chi connectivity index (χ3v) is 3.04. The first-order valence-corrected chi connectivity index (χ1v) is 5.42. The number of hydrogen-bond acceptors (Lipinski definition) is 2.